The molecule has 3 aliphatic heterocycles. The average molecular weight is 286 g/mol. The van der Waals surface area contributed by atoms with Crippen molar-refractivity contribution in [1.29, 1.82) is 0 Å². The molecule has 4 rings (SSSR count). The number of hydrogen-bond acceptors (Lipinski definition) is 2. The first kappa shape index (κ1) is 13.7. The van der Waals surface area contributed by atoms with Gasteiger partial charge in [0.1, 0.15) is 6.54 Å². The number of benzene rings is 1. The molecule has 3 fully saturated rings. The molecule has 0 bridgehead atoms. The van der Waals surface area contributed by atoms with E-state index in [1.165, 1.54) is 67.8 Å². The summed E-state index contributed by atoms with van der Waals surface area (Å²) in [6, 6.07) is 9.49. The summed E-state index contributed by atoms with van der Waals surface area (Å²) >= 11 is 0. The molecule has 0 aliphatic carbocycles. The minimum atomic E-state index is 0.686. The molecule has 0 radical (unpaired) electrons. The molecule has 0 saturated carbocycles. The fourth-order valence-electron chi connectivity index (χ4n) is 4.65. The Morgan fingerprint density at radius 3 is 2.24 bits per heavy atom. The van der Waals surface area contributed by atoms with Gasteiger partial charge in [0.15, 0.2) is 0 Å². The molecule has 0 spiro atoms. The monoisotopic (exact) mass is 286 g/mol. The highest BCUT2D eigenvalue weighted by Crippen LogP contribution is 2.37. The van der Waals surface area contributed by atoms with Crippen LogP contribution in [0, 0.1) is 0 Å². The Balaban J connectivity index is 1.53. The molecule has 1 aromatic carbocycles. The first-order valence-electron chi connectivity index (χ1n) is 8.64. The van der Waals surface area contributed by atoms with Gasteiger partial charge in [0.25, 0.3) is 0 Å². The van der Waals surface area contributed by atoms with E-state index in [1.807, 2.05) is 0 Å². The maximum atomic E-state index is 2.71. The van der Waals surface area contributed by atoms with Crippen molar-refractivity contribution in [3.63, 3.8) is 0 Å². The van der Waals surface area contributed by atoms with Crippen LogP contribution in [0.5, 0.6) is 0 Å². The largest absolute Gasteiger partial charge is 0.289 e. The summed E-state index contributed by atoms with van der Waals surface area (Å²) in [6.07, 6.45) is 1.92. The Labute approximate surface area is 128 Å². The van der Waals surface area contributed by atoms with Crippen LogP contribution in [-0.2, 0) is 6.54 Å². The lowest BCUT2D eigenvalue weighted by molar-refractivity contribution is -0.949. The first-order chi connectivity index (χ1) is 10.2. The topological polar surface area (TPSA) is 6.48 Å². The highest BCUT2D eigenvalue weighted by Gasteiger charge is 2.57. The second-order valence-corrected chi connectivity index (χ2v) is 7.29. The lowest BCUT2D eigenvalue weighted by Crippen LogP contribution is -2.51. The summed E-state index contributed by atoms with van der Waals surface area (Å²) < 4.78 is 1.29. The van der Waals surface area contributed by atoms with Crippen molar-refractivity contribution in [2.24, 2.45) is 0 Å². The third-order valence-electron chi connectivity index (χ3n) is 6.14. The summed E-state index contributed by atoms with van der Waals surface area (Å²) in [5, 5.41) is 0. The molecule has 1 aromatic rings. The predicted octanol–water partition coefficient (Wildman–Crippen LogP) is 2.45. The molecule has 0 amide bonds. The number of hydrogen-bond donors (Lipinski definition) is 0. The fourth-order valence-corrected chi connectivity index (χ4v) is 4.65. The molecule has 114 valence electrons. The molecule has 3 aliphatic rings. The van der Waals surface area contributed by atoms with Gasteiger partial charge in [-0.25, -0.2) is 9.80 Å². The zero-order chi connectivity index (χ0) is 14.4. The van der Waals surface area contributed by atoms with E-state index >= 15 is 0 Å². The Hall–Kier alpha value is -0.900. The zero-order valence-corrected chi connectivity index (χ0v) is 13.5. The molecule has 3 heterocycles. The van der Waals surface area contributed by atoms with Crippen LogP contribution in [0.4, 0.5) is 0 Å². The molecule has 21 heavy (non-hydrogen) atoms. The van der Waals surface area contributed by atoms with Gasteiger partial charge in [0, 0.05) is 18.7 Å². The van der Waals surface area contributed by atoms with Gasteiger partial charge in [0.2, 0.25) is 6.29 Å². The standard InChI is InChI=1S/C18H28N3/c1-3-15(2)17-6-4-16(5-7-17)14-21-12-10-19-8-9-20(11-13-21)18(19)21/h4-7,15,18H,3,8-14H2,1-2H3/q+1. The minimum Gasteiger partial charge on any atom is -0.289 e. The van der Waals surface area contributed by atoms with E-state index in [2.05, 4.69) is 47.9 Å². The molecular weight excluding hydrogens is 258 g/mol. The second kappa shape index (κ2) is 5.08. The first-order valence-corrected chi connectivity index (χ1v) is 8.64. The number of quaternary nitrogens is 1. The van der Waals surface area contributed by atoms with E-state index < -0.39 is 0 Å². The van der Waals surface area contributed by atoms with Crippen molar-refractivity contribution in [3.05, 3.63) is 35.4 Å². The van der Waals surface area contributed by atoms with Crippen molar-refractivity contribution in [2.75, 3.05) is 39.3 Å². The van der Waals surface area contributed by atoms with E-state index in [0.29, 0.717) is 12.2 Å². The van der Waals surface area contributed by atoms with Crippen LogP contribution < -0.4 is 0 Å². The second-order valence-electron chi connectivity index (χ2n) is 7.29. The quantitative estimate of drug-likeness (QED) is 0.785. The molecular formula is C18H28N3+. The van der Waals surface area contributed by atoms with E-state index in [1.54, 1.807) is 0 Å². The van der Waals surface area contributed by atoms with Gasteiger partial charge in [-0.3, -0.25) is 4.48 Å². The van der Waals surface area contributed by atoms with E-state index in [0.717, 1.165) is 0 Å². The van der Waals surface area contributed by atoms with E-state index in [4.69, 9.17) is 0 Å². The van der Waals surface area contributed by atoms with Crippen LogP contribution >= 0.6 is 0 Å². The molecule has 3 saturated heterocycles. The third-order valence-corrected chi connectivity index (χ3v) is 6.14. The van der Waals surface area contributed by atoms with Crippen LogP contribution in [0.15, 0.2) is 24.3 Å². The maximum absolute atomic E-state index is 2.71. The molecule has 0 aromatic heterocycles. The van der Waals surface area contributed by atoms with Crippen molar-refractivity contribution in [1.82, 2.24) is 9.80 Å². The normalized spacial score (nSPS) is 33.5. The molecule has 1 atom stereocenters. The van der Waals surface area contributed by atoms with Crippen LogP contribution in [-0.4, -0.2) is 59.8 Å². The molecule has 1 unspecified atom stereocenters. The summed E-state index contributed by atoms with van der Waals surface area (Å²) in [6.45, 7) is 13.7. The fraction of sp³-hybridized carbons (Fsp3) is 0.667. The SMILES string of the molecule is CCC(C)c1ccc(C[N+]23CCN4CCN(CC2)C43)cc1. The number of rotatable bonds is 4. The van der Waals surface area contributed by atoms with Gasteiger partial charge in [-0.2, -0.15) is 0 Å². The predicted molar refractivity (Wildman–Crippen MR) is 85.8 cm³/mol. The van der Waals surface area contributed by atoms with Crippen molar-refractivity contribution < 1.29 is 4.48 Å². The van der Waals surface area contributed by atoms with Gasteiger partial charge in [-0.15, -0.1) is 0 Å². The zero-order valence-electron chi connectivity index (χ0n) is 13.5. The van der Waals surface area contributed by atoms with Gasteiger partial charge in [-0.05, 0) is 17.9 Å². The lowest BCUT2D eigenvalue weighted by atomic mass is 9.97. The van der Waals surface area contributed by atoms with Crippen LogP contribution in [0.25, 0.3) is 0 Å². The van der Waals surface area contributed by atoms with E-state index in [-0.39, 0.29) is 0 Å². The van der Waals surface area contributed by atoms with Crippen LogP contribution in [0.2, 0.25) is 0 Å². The highest BCUT2D eigenvalue weighted by molar-refractivity contribution is 5.24. The van der Waals surface area contributed by atoms with Gasteiger partial charge in [0.05, 0.1) is 26.2 Å². The van der Waals surface area contributed by atoms with Gasteiger partial charge in [-0.1, -0.05) is 38.1 Å². The molecule has 0 N–H and O–H groups in total. The smallest absolute Gasteiger partial charge is 0.206 e. The Morgan fingerprint density at radius 1 is 1.05 bits per heavy atom. The Kier molecular flexibility index (Phi) is 3.32. The summed E-state index contributed by atoms with van der Waals surface area (Å²) in [4.78, 5) is 5.42. The summed E-state index contributed by atoms with van der Waals surface area (Å²) in [7, 11) is 0. The van der Waals surface area contributed by atoms with Gasteiger partial charge < -0.3 is 0 Å². The average Bonchev–Trinajstić information content (AvgIpc) is 3.16. The van der Waals surface area contributed by atoms with Crippen LogP contribution in [0.3, 0.4) is 0 Å². The van der Waals surface area contributed by atoms with Gasteiger partial charge >= 0.3 is 0 Å². The molecule has 3 heteroatoms. The molecule has 3 nitrogen and oxygen atoms in total. The van der Waals surface area contributed by atoms with Crippen molar-refractivity contribution in [2.45, 2.75) is 39.0 Å². The van der Waals surface area contributed by atoms with Crippen molar-refractivity contribution >= 4 is 0 Å². The third kappa shape index (κ3) is 2.14. The number of nitrogens with zero attached hydrogens (tertiary/aromatic N) is 3. The summed E-state index contributed by atoms with van der Waals surface area (Å²) in [5.41, 5.74) is 3.02. The Morgan fingerprint density at radius 2 is 1.67 bits per heavy atom. The van der Waals surface area contributed by atoms with Crippen molar-refractivity contribution in [3.8, 4) is 0 Å². The lowest BCUT2D eigenvalue weighted by Gasteiger charge is -2.34. The highest BCUT2D eigenvalue weighted by atomic mass is 15.7. The van der Waals surface area contributed by atoms with E-state index in [9.17, 15) is 0 Å². The van der Waals surface area contributed by atoms with Crippen LogP contribution in [0.1, 0.15) is 37.3 Å². The maximum Gasteiger partial charge on any atom is 0.206 e. The Bertz CT molecular complexity index is 494. The minimum absolute atomic E-state index is 0.686. The summed E-state index contributed by atoms with van der Waals surface area (Å²) in [5.74, 6) is 0.686.